The average molecular weight is 231 g/mol. The van der Waals surface area contributed by atoms with Gasteiger partial charge < -0.3 is 5.32 Å². The summed E-state index contributed by atoms with van der Waals surface area (Å²) in [6, 6.07) is 3.93. The van der Waals surface area contributed by atoms with E-state index in [0.717, 1.165) is 36.7 Å². The smallest absolute Gasteiger partial charge is 0.130 e. The lowest BCUT2D eigenvalue weighted by Gasteiger charge is -2.07. The summed E-state index contributed by atoms with van der Waals surface area (Å²) in [6.45, 7) is 5.94. The lowest BCUT2D eigenvalue weighted by atomic mass is 10.3. The average Bonchev–Trinajstić information content (AvgIpc) is 2.79. The summed E-state index contributed by atoms with van der Waals surface area (Å²) in [5.74, 6) is 0.849. The fourth-order valence-electron chi connectivity index (χ4n) is 1.72. The number of aromatic nitrogens is 4. The van der Waals surface area contributed by atoms with Crippen LogP contribution >= 0.6 is 0 Å². The Morgan fingerprint density at radius 3 is 2.94 bits per heavy atom. The predicted octanol–water partition coefficient (Wildman–Crippen LogP) is 2.18. The van der Waals surface area contributed by atoms with Gasteiger partial charge in [-0.25, -0.2) is 9.97 Å². The molecule has 0 aliphatic heterocycles. The van der Waals surface area contributed by atoms with Crippen LogP contribution in [-0.4, -0.2) is 26.3 Å². The van der Waals surface area contributed by atoms with E-state index in [9.17, 15) is 0 Å². The van der Waals surface area contributed by atoms with E-state index in [1.54, 1.807) is 12.5 Å². The van der Waals surface area contributed by atoms with Gasteiger partial charge in [-0.05, 0) is 19.4 Å². The van der Waals surface area contributed by atoms with E-state index >= 15 is 0 Å². The molecule has 1 N–H and O–H groups in total. The summed E-state index contributed by atoms with van der Waals surface area (Å²) in [6.07, 6.45) is 4.44. The molecule has 0 saturated carbocycles. The molecule has 5 heteroatoms. The molecule has 0 aromatic carbocycles. The molecule has 17 heavy (non-hydrogen) atoms. The topological polar surface area (TPSA) is 55.6 Å². The van der Waals surface area contributed by atoms with E-state index < -0.39 is 0 Å². The van der Waals surface area contributed by atoms with Crippen LogP contribution in [0.5, 0.6) is 0 Å². The molecule has 2 heterocycles. The first-order valence-corrected chi connectivity index (χ1v) is 5.93. The van der Waals surface area contributed by atoms with Crippen LogP contribution in [0.3, 0.4) is 0 Å². The molecule has 0 spiro atoms. The molecular formula is C12H17N5. The number of anilines is 1. The summed E-state index contributed by atoms with van der Waals surface area (Å²) in [4.78, 5) is 8.46. The summed E-state index contributed by atoms with van der Waals surface area (Å²) in [5, 5.41) is 7.47. The van der Waals surface area contributed by atoms with Crippen molar-refractivity contribution in [3.63, 3.8) is 0 Å². The van der Waals surface area contributed by atoms with Crippen molar-refractivity contribution in [2.75, 3.05) is 11.9 Å². The lowest BCUT2D eigenvalue weighted by molar-refractivity contribution is 0.608. The van der Waals surface area contributed by atoms with E-state index in [1.807, 2.05) is 23.7 Å². The highest BCUT2D eigenvalue weighted by Gasteiger charge is 2.07. The van der Waals surface area contributed by atoms with Crippen molar-refractivity contribution in [2.24, 2.45) is 0 Å². The van der Waals surface area contributed by atoms with Crippen LogP contribution < -0.4 is 5.32 Å². The van der Waals surface area contributed by atoms with E-state index in [0.29, 0.717) is 0 Å². The predicted molar refractivity (Wildman–Crippen MR) is 67.7 cm³/mol. The molecule has 0 radical (unpaired) electrons. The van der Waals surface area contributed by atoms with Gasteiger partial charge >= 0.3 is 0 Å². The Morgan fingerprint density at radius 2 is 2.18 bits per heavy atom. The zero-order valence-corrected chi connectivity index (χ0v) is 10.2. The van der Waals surface area contributed by atoms with E-state index in [-0.39, 0.29) is 0 Å². The van der Waals surface area contributed by atoms with Gasteiger partial charge in [0.15, 0.2) is 0 Å². The van der Waals surface area contributed by atoms with Gasteiger partial charge in [0.05, 0.1) is 11.4 Å². The Hall–Kier alpha value is -1.91. The molecule has 0 aliphatic carbocycles. The molecule has 2 aromatic rings. The van der Waals surface area contributed by atoms with Crippen LogP contribution in [-0.2, 0) is 6.54 Å². The third-order valence-corrected chi connectivity index (χ3v) is 2.44. The Morgan fingerprint density at radius 1 is 1.29 bits per heavy atom. The van der Waals surface area contributed by atoms with Crippen molar-refractivity contribution in [1.29, 1.82) is 0 Å². The molecular weight excluding hydrogens is 214 g/mol. The third-order valence-electron chi connectivity index (χ3n) is 2.44. The SMILES string of the molecule is CCCn1nccc1-c1cc(NCC)ncn1. The molecule has 0 bridgehead atoms. The first-order chi connectivity index (χ1) is 8.35. The fourth-order valence-corrected chi connectivity index (χ4v) is 1.72. The van der Waals surface area contributed by atoms with Gasteiger partial charge in [-0.2, -0.15) is 5.10 Å². The lowest BCUT2D eigenvalue weighted by Crippen LogP contribution is -2.04. The molecule has 2 aromatic heterocycles. The van der Waals surface area contributed by atoms with Crippen molar-refractivity contribution in [2.45, 2.75) is 26.8 Å². The van der Waals surface area contributed by atoms with Crippen molar-refractivity contribution in [1.82, 2.24) is 19.7 Å². The Labute approximate surface area is 101 Å². The number of aryl methyl sites for hydroxylation is 1. The highest BCUT2D eigenvalue weighted by Crippen LogP contribution is 2.18. The van der Waals surface area contributed by atoms with Gasteiger partial charge in [-0.3, -0.25) is 4.68 Å². The first kappa shape index (κ1) is 11.6. The fraction of sp³-hybridized carbons (Fsp3) is 0.417. The maximum Gasteiger partial charge on any atom is 0.130 e. The van der Waals surface area contributed by atoms with Crippen LogP contribution in [0.2, 0.25) is 0 Å². The normalized spacial score (nSPS) is 10.5. The Bertz CT molecular complexity index is 477. The summed E-state index contributed by atoms with van der Waals surface area (Å²) < 4.78 is 1.97. The number of nitrogens with zero attached hydrogens (tertiary/aromatic N) is 4. The van der Waals surface area contributed by atoms with Crippen LogP contribution in [0.4, 0.5) is 5.82 Å². The standard InChI is InChI=1S/C12H17N5/c1-3-7-17-11(5-6-16-17)10-8-12(13-4-2)15-9-14-10/h5-6,8-9H,3-4,7H2,1-2H3,(H,13,14,15). The van der Waals surface area contributed by atoms with E-state index in [4.69, 9.17) is 0 Å². The Kier molecular flexibility index (Phi) is 3.69. The zero-order chi connectivity index (χ0) is 12.1. The molecule has 0 saturated heterocycles. The maximum atomic E-state index is 4.30. The van der Waals surface area contributed by atoms with Gasteiger partial charge in [0.2, 0.25) is 0 Å². The largest absolute Gasteiger partial charge is 0.370 e. The van der Waals surface area contributed by atoms with Gasteiger partial charge in [0.1, 0.15) is 12.1 Å². The molecule has 0 aliphatic rings. The summed E-state index contributed by atoms with van der Waals surface area (Å²) in [5.41, 5.74) is 1.94. The molecule has 0 amide bonds. The quantitative estimate of drug-likeness (QED) is 0.857. The van der Waals surface area contributed by atoms with Crippen molar-refractivity contribution < 1.29 is 0 Å². The van der Waals surface area contributed by atoms with Gasteiger partial charge in [-0.1, -0.05) is 6.92 Å². The van der Waals surface area contributed by atoms with Crippen molar-refractivity contribution in [3.8, 4) is 11.4 Å². The second kappa shape index (κ2) is 5.43. The minimum Gasteiger partial charge on any atom is -0.370 e. The van der Waals surface area contributed by atoms with Crippen molar-refractivity contribution >= 4 is 5.82 Å². The number of nitrogens with one attached hydrogen (secondary N) is 1. The van der Waals surface area contributed by atoms with Crippen LogP contribution in [0.15, 0.2) is 24.7 Å². The highest BCUT2D eigenvalue weighted by atomic mass is 15.3. The molecule has 0 atom stereocenters. The molecule has 0 fully saturated rings. The van der Waals surface area contributed by atoms with Crippen LogP contribution in [0.1, 0.15) is 20.3 Å². The van der Waals surface area contributed by atoms with Gasteiger partial charge in [0, 0.05) is 25.4 Å². The highest BCUT2D eigenvalue weighted by molar-refractivity contribution is 5.58. The second-order valence-corrected chi connectivity index (χ2v) is 3.76. The number of rotatable bonds is 5. The number of hydrogen-bond donors (Lipinski definition) is 1. The number of hydrogen-bond acceptors (Lipinski definition) is 4. The zero-order valence-electron chi connectivity index (χ0n) is 10.2. The second-order valence-electron chi connectivity index (χ2n) is 3.76. The summed E-state index contributed by atoms with van der Waals surface area (Å²) >= 11 is 0. The van der Waals surface area contributed by atoms with E-state index in [2.05, 4.69) is 27.3 Å². The van der Waals surface area contributed by atoms with Crippen molar-refractivity contribution in [3.05, 3.63) is 24.7 Å². The molecule has 0 unspecified atom stereocenters. The Balaban J connectivity index is 2.31. The molecule has 5 nitrogen and oxygen atoms in total. The maximum absolute atomic E-state index is 4.30. The molecule has 90 valence electrons. The summed E-state index contributed by atoms with van der Waals surface area (Å²) in [7, 11) is 0. The van der Waals surface area contributed by atoms with Gasteiger partial charge in [0.25, 0.3) is 0 Å². The monoisotopic (exact) mass is 231 g/mol. The van der Waals surface area contributed by atoms with Crippen LogP contribution in [0, 0.1) is 0 Å². The van der Waals surface area contributed by atoms with Gasteiger partial charge in [-0.15, -0.1) is 0 Å². The van der Waals surface area contributed by atoms with Crippen LogP contribution in [0.25, 0.3) is 11.4 Å². The van der Waals surface area contributed by atoms with E-state index in [1.165, 1.54) is 0 Å². The minimum absolute atomic E-state index is 0.849. The minimum atomic E-state index is 0.849. The first-order valence-electron chi connectivity index (χ1n) is 5.93. The third kappa shape index (κ3) is 2.61. The molecule has 2 rings (SSSR count).